The van der Waals surface area contributed by atoms with Gasteiger partial charge in [0.05, 0.1) is 11.4 Å². The second kappa shape index (κ2) is 7.78. The minimum absolute atomic E-state index is 0.0849. The predicted octanol–water partition coefficient (Wildman–Crippen LogP) is 4.93. The van der Waals surface area contributed by atoms with E-state index in [-0.39, 0.29) is 11.9 Å². The summed E-state index contributed by atoms with van der Waals surface area (Å²) in [5.74, 6) is 0.254. The van der Waals surface area contributed by atoms with Crippen LogP contribution in [0.5, 0.6) is 0 Å². The summed E-state index contributed by atoms with van der Waals surface area (Å²) < 4.78 is 1.73. The first-order valence-electron chi connectivity index (χ1n) is 9.41. The molecular weight excluding hydrogens is 334 g/mol. The fourth-order valence-corrected chi connectivity index (χ4v) is 2.80. The van der Waals surface area contributed by atoms with Crippen molar-refractivity contribution in [3.63, 3.8) is 0 Å². The van der Waals surface area contributed by atoms with Crippen LogP contribution < -0.4 is 5.32 Å². The van der Waals surface area contributed by atoms with E-state index in [4.69, 9.17) is 5.10 Å². The van der Waals surface area contributed by atoms with Gasteiger partial charge in [-0.25, -0.2) is 4.68 Å². The highest BCUT2D eigenvalue weighted by molar-refractivity contribution is 5.94. The molecule has 0 aliphatic carbocycles. The van der Waals surface area contributed by atoms with Crippen molar-refractivity contribution in [2.75, 3.05) is 0 Å². The largest absolute Gasteiger partial charge is 0.348 e. The Morgan fingerprint density at radius 3 is 2.30 bits per heavy atom. The third kappa shape index (κ3) is 4.11. The molecule has 1 atom stereocenters. The summed E-state index contributed by atoms with van der Waals surface area (Å²) in [6.45, 7) is 10.4. The molecule has 0 radical (unpaired) electrons. The van der Waals surface area contributed by atoms with E-state index in [1.807, 2.05) is 43.3 Å². The average molecular weight is 361 g/mol. The molecule has 4 heteroatoms. The maximum Gasteiger partial charge on any atom is 0.270 e. The van der Waals surface area contributed by atoms with Crippen LogP contribution >= 0.6 is 0 Å². The molecular formula is C23H27N3O. The highest BCUT2D eigenvalue weighted by Gasteiger charge is 2.20. The maximum atomic E-state index is 12.9. The van der Waals surface area contributed by atoms with Crippen LogP contribution in [0.1, 0.15) is 42.4 Å². The van der Waals surface area contributed by atoms with Gasteiger partial charge in [-0.1, -0.05) is 44.2 Å². The summed E-state index contributed by atoms with van der Waals surface area (Å²) in [5, 5.41) is 7.84. The Balaban J connectivity index is 2.06. The van der Waals surface area contributed by atoms with Gasteiger partial charge in [-0.2, -0.15) is 5.10 Å². The molecule has 0 saturated heterocycles. The molecule has 0 aliphatic rings. The van der Waals surface area contributed by atoms with Crippen molar-refractivity contribution in [1.29, 1.82) is 0 Å². The van der Waals surface area contributed by atoms with E-state index in [0.29, 0.717) is 11.6 Å². The van der Waals surface area contributed by atoms with Gasteiger partial charge in [-0.15, -0.1) is 0 Å². The van der Waals surface area contributed by atoms with Crippen molar-refractivity contribution in [2.24, 2.45) is 5.92 Å². The number of aryl methyl sites for hydroxylation is 2. The Morgan fingerprint density at radius 2 is 1.67 bits per heavy atom. The number of carbonyl (C=O) groups excluding carboxylic acids is 1. The normalized spacial score (nSPS) is 12.2. The number of para-hydroxylation sites is 1. The summed E-state index contributed by atoms with van der Waals surface area (Å²) in [4.78, 5) is 12.9. The molecule has 1 aromatic heterocycles. The molecule has 0 spiro atoms. The van der Waals surface area contributed by atoms with Gasteiger partial charge in [0, 0.05) is 11.6 Å². The summed E-state index contributed by atoms with van der Waals surface area (Å²) in [6, 6.07) is 18.0. The lowest BCUT2D eigenvalue weighted by molar-refractivity contribution is 0.0922. The lowest BCUT2D eigenvalue weighted by atomic mass is 10.0. The summed E-state index contributed by atoms with van der Waals surface area (Å²) >= 11 is 0. The fourth-order valence-electron chi connectivity index (χ4n) is 2.80. The zero-order valence-corrected chi connectivity index (χ0v) is 16.7. The number of hydrogen-bond donors (Lipinski definition) is 1. The zero-order valence-electron chi connectivity index (χ0n) is 16.7. The lowest BCUT2D eigenvalue weighted by Crippen LogP contribution is -2.37. The van der Waals surface area contributed by atoms with Crippen molar-refractivity contribution in [3.05, 3.63) is 71.4 Å². The summed E-state index contributed by atoms with van der Waals surface area (Å²) in [6.07, 6.45) is 0. The first kappa shape index (κ1) is 18.9. The molecule has 2 aromatic carbocycles. The smallest absolute Gasteiger partial charge is 0.270 e. The van der Waals surface area contributed by atoms with Gasteiger partial charge >= 0.3 is 0 Å². The molecule has 0 aliphatic heterocycles. The van der Waals surface area contributed by atoms with Gasteiger partial charge < -0.3 is 5.32 Å². The highest BCUT2D eigenvalue weighted by atomic mass is 16.2. The van der Waals surface area contributed by atoms with E-state index in [2.05, 4.69) is 51.2 Å². The Bertz CT molecular complexity index is 942. The van der Waals surface area contributed by atoms with Crippen molar-refractivity contribution >= 4 is 5.91 Å². The molecule has 1 amide bonds. The number of nitrogens with one attached hydrogen (secondary N) is 1. The van der Waals surface area contributed by atoms with E-state index >= 15 is 0 Å². The number of nitrogens with zero attached hydrogens (tertiary/aromatic N) is 2. The zero-order chi connectivity index (χ0) is 19.6. The second-order valence-electron chi connectivity index (χ2n) is 7.47. The third-order valence-electron chi connectivity index (χ3n) is 5.10. The minimum atomic E-state index is -0.109. The van der Waals surface area contributed by atoms with Gasteiger partial charge in [0.2, 0.25) is 0 Å². The number of aromatic nitrogens is 2. The van der Waals surface area contributed by atoms with Crippen molar-refractivity contribution in [2.45, 2.75) is 40.7 Å². The Hall–Kier alpha value is -2.88. The standard InChI is InChI=1S/C23H27N3O/c1-15(2)18(5)24-23(27)22-14-21(19-12-11-16(3)17(4)13-19)25-26(22)20-9-7-6-8-10-20/h6-15,18H,1-5H3,(H,24,27). The molecule has 3 aromatic rings. The predicted molar refractivity (Wildman–Crippen MR) is 110 cm³/mol. The molecule has 4 nitrogen and oxygen atoms in total. The van der Waals surface area contributed by atoms with Crippen LogP contribution in [0.3, 0.4) is 0 Å². The van der Waals surface area contributed by atoms with Crippen molar-refractivity contribution in [1.82, 2.24) is 15.1 Å². The quantitative estimate of drug-likeness (QED) is 0.700. The molecule has 0 saturated carbocycles. The Labute approximate surface area is 161 Å². The van der Waals surface area contributed by atoms with Gasteiger partial charge in [0.1, 0.15) is 5.69 Å². The van der Waals surface area contributed by atoms with Crippen LogP contribution in [-0.2, 0) is 0 Å². The number of carbonyl (C=O) groups is 1. The number of amides is 1. The SMILES string of the molecule is Cc1ccc(-c2cc(C(=O)NC(C)C(C)C)n(-c3ccccc3)n2)cc1C. The molecule has 0 bridgehead atoms. The van der Waals surface area contributed by atoms with Gasteiger partial charge in [-0.05, 0) is 62.1 Å². The molecule has 1 N–H and O–H groups in total. The first-order chi connectivity index (χ1) is 12.9. The topological polar surface area (TPSA) is 46.9 Å². The fraction of sp³-hybridized carbons (Fsp3) is 0.304. The number of hydrogen-bond acceptors (Lipinski definition) is 2. The third-order valence-corrected chi connectivity index (χ3v) is 5.10. The van der Waals surface area contributed by atoms with Crippen LogP contribution in [0.25, 0.3) is 16.9 Å². The first-order valence-corrected chi connectivity index (χ1v) is 9.41. The van der Waals surface area contributed by atoms with E-state index in [0.717, 1.165) is 16.9 Å². The molecule has 140 valence electrons. The van der Waals surface area contributed by atoms with E-state index in [1.165, 1.54) is 11.1 Å². The molecule has 27 heavy (non-hydrogen) atoms. The van der Waals surface area contributed by atoms with E-state index in [9.17, 15) is 4.79 Å². The van der Waals surface area contributed by atoms with Gasteiger partial charge in [0.25, 0.3) is 5.91 Å². The lowest BCUT2D eigenvalue weighted by Gasteiger charge is -2.17. The molecule has 1 unspecified atom stereocenters. The van der Waals surface area contributed by atoms with Gasteiger partial charge in [-0.3, -0.25) is 4.79 Å². The van der Waals surface area contributed by atoms with Crippen molar-refractivity contribution in [3.8, 4) is 16.9 Å². The van der Waals surface area contributed by atoms with E-state index < -0.39 is 0 Å². The second-order valence-corrected chi connectivity index (χ2v) is 7.47. The van der Waals surface area contributed by atoms with E-state index in [1.54, 1.807) is 4.68 Å². The van der Waals surface area contributed by atoms with Crippen LogP contribution in [0, 0.1) is 19.8 Å². The monoisotopic (exact) mass is 361 g/mol. The number of rotatable bonds is 5. The Kier molecular flexibility index (Phi) is 5.45. The van der Waals surface area contributed by atoms with Crippen molar-refractivity contribution < 1.29 is 4.79 Å². The minimum Gasteiger partial charge on any atom is -0.348 e. The van der Waals surface area contributed by atoms with Crippen LogP contribution in [0.15, 0.2) is 54.6 Å². The van der Waals surface area contributed by atoms with Gasteiger partial charge in [0.15, 0.2) is 0 Å². The summed E-state index contributed by atoms with van der Waals surface area (Å²) in [7, 11) is 0. The van der Waals surface area contributed by atoms with Crippen LogP contribution in [-0.4, -0.2) is 21.7 Å². The average Bonchev–Trinajstić information content (AvgIpc) is 3.10. The van der Waals surface area contributed by atoms with Crippen LogP contribution in [0.2, 0.25) is 0 Å². The highest BCUT2D eigenvalue weighted by Crippen LogP contribution is 2.24. The molecule has 1 heterocycles. The maximum absolute atomic E-state index is 12.9. The number of benzene rings is 2. The molecule has 0 fully saturated rings. The summed E-state index contributed by atoms with van der Waals surface area (Å²) in [5.41, 5.74) is 5.67. The Morgan fingerprint density at radius 1 is 0.963 bits per heavy atom. The van der Waals surface area contributed by atoms with Crippen LogP contribution in [0.4, 0.5) is 0 Å². The molecule has 3 rings (SSSR count).